The Morgan fingerprint density at radius 3 is 2.22 bits per heavy atom. The van der Waals surface area contributed by atoms with E-state index in [4.69, 9.17) is 0 Å². The van der Waals surface area contributed by atoms with Gasteiger partial charge in [0.1, 0.15) is 0 Å². The van der Waals surface area contributed by atoms with E-state index in [9.17, 15) is 17.1 Å². The summed E-state index contributed by atoms with van der Waals surface area (Å²) in [6.45, 7) is 0. The van der Waals surface area contributed by atoms with Crippen LogP contribution in [0.2, 0.25) is 0 Å². The van der Waals surface area contributed by atoms with Crippen LogP contribution in [0.25, 0.3) is 0 Å². The number of carbonyl (C=O) groups is 1. The second-order valence-corrected chi connectivity index (χ2v) is 2.11. The highest BCUT2D eigenvalue weighted by Crippen LogP contribution is 1.83. The number of carbonyl (C=O) groups excluding carboxylic acids is 1. The molecule has 0 aliphatic rings. The van der Waals surface area contributed by atoms with E-state index in [2.05, 4.69) is 4.74 Å². The number of ether oxygens (including phenoxy) is 1. The molecule has 0 aromatic heterocycles. The van der Waals surface area contributed by atoms with Crippen molar-refractivity contribution in [1.82, 2.24) is 4.72 Å². The molecule has 0 aromatic rings. The number of hydrogen-bond acceptors (Lipinski definition) is 4. The molecule has 0 bridgehead atoms. The Labute approximate surface area is 51.2 Å². The predicted molar refractivity (Wildman–Crippen MR) is 25.6 cm³/mol. The van der Waals surface area contributed by atoms with Crippen LogP contribution in [0.15, 0.2) is 0 Å². The molecule has 1 amide bonds. The summed E-state index contributed by atoms with van der Waals surface area (Å²) in [5.74, 6) is 0. The van der Waals surface area contributed by atoms with Gasteiger partial charge in [-0.05, 0) is 0 Å². The summed E-state index contributed by atoms with van der Waals surface area (Å²) in [5, 5.41) is 0. The zero-order chi connectivity index (χ0) is 7.49. The molecule has 0 heterocycles. The molecule has 1 N–H and O–H groups in total. The molecule has 0 radical (unpaired) electrons. The van der Waals surface area contributed by atoms with Crippen molar-refractivity contribution in [3.8, 4) is 0 Å². The van der Waals surface area contributed by atoms with Gasteiger partial charge in [0, 0.05) is 0 Å². The van der Waals surface area contributed by atoms with Gasteiger partial charge >= 0.3 is 16.5 Å². The third kappa shape index (κ3) is 5.01. The van der Waals surface area contributed by atoms with Gasteiger partial charge in [0.15, 0.2) is 0 Å². The molecule has 54 valence electrons. The van der Waals surface area contributed by atoms with Crippen LogP contribution in [0, 0.1) is 0 Å². The number of hydrogen-bond donors (Lipinski definition) is 1. The first kappa shape index (κ1) is 8.15. The topological polar surface area (TPSA) is 72.5 Å². The van der Waals surface area contributed by atoms with Crippen molar-refractivity contribution in [3.05, 3.63) is 0 Å². The number of halogens is 1. The molecule has 0 fully saturated rings. The van der Waals surface area contributed by atoms with Crippen LogP contribution in [-0.4, -0.2) is 21.6 Å². The highest BCUT2D eigenvalue weighted by Gasteiger charge is 2.10. The molecule has 5 nitrogen and oxygen atoms in total. The fraction of sp³-hybridized carbons (Fsp3) is 0.500. The summed E-state index contributed by atoms with van der Waals surface area (Å²) in [6.07, 6.45) is -1.35. The normalized spacial score (nSPS) is 10.4. The fourth-order valence-corrected chi connectivity index (χ4v) is 0.424. The summed E-state index contributed by atoms with van der Waals surface area (Å²) in [7, 11) is -4.04. The number of methoxy groups -OCH3 is 1. The lowest BCUT2D eigenvalue weighted by Crippen LogP contribution is -2.26. The molecule has 0 unspecified atom stereocenters. The van der Waals surface area contributed by atoms with Crippen LogP contribution in [-0.2, 0) is 15.1 Å². The van der Waals surface area contributed by atoms with Crippen molar-refractivity contribution in [2.75, 3.05) is 7.11 Å². The fourth-order valence-electron chi connectivity index (χ4n) is 0.141. The van der Waals surface area contributed by atoms with Gasteiger partial charge in [-0.3, -0.25) is 0 Å². The summed E-state index contributed by atoms with van der Waals surface area (Å²) >= 11 is 0. The van der Waals surface area contributed by atoms with Crippen molar-refractivity contribution in [3.63, 3.8) is 0 Å². The summed E-state index contributed by atoms with van der Waals surface area (Å²) < 4.78 is 35.1. The van der Waals surface area contributed by atoms with Crippen molar-refractivity contribution in [2.24, 2.45) is 0 Å². The summed E-state index contributed by atoms with van der Waals surface area (Å²) in [6, 6.07) is 0. The SMILES string of the molecule is COC(=O)NS(=O)(=O)F. The standard InChI is InChI=1S/C2H4FNO4S/c1-8-2(5)4-9(3,6)7/h1H3,(H,4,5). The molecule has 0 saturated carbocycles. The number of nitrogens with one attached hydrogen (secondary N) is 1. The van der Waals surface area contributed by atoms with E-state index in [-0.39, 0.29) is 0 Å². The average molecular weight is 157 g/mol. The van der Waals surface area contributed by atoms with Crippen LogP contribution < -0.4 is 4.72 Å². The summed E-state index contributed by atoms with van der Waals surface area (Å²) in [4.78, 5) is 9.87. The Balaban J connectivity index is 3.91. The number of rotatable bonds is 1. The number of amides is 1. The molecule has 0 atom stereocenters. The van der Waals surface area contributed by atoms with E-state index < -0.39 is 16.5 Å². The minimum atomic E-state index is -4.96. The van der Waals surface area contributed by atoms with E-state index in [0.717, 1.165) is 11.8 Å². The van der Waals surface area contributed by atoms with E-state index in [0.29, 0.717) is 0 Å². The Morgan fingerprint density at radius 2 is 2.11 bits per heavy atom. The van der Waals surface area contributed by atoms with Crippen LogP contribution in [0.4, 0.5) is 8.68 Å². The first-order chi connectivity index (χ1) is 3.95. The van der Waals surface area contributed by atoms with Gasteiger partial charge in [0.2, 0.25) is 0 Å². The maximum absolute atomic E-state index is 11.4. The van der Waals surface area contributed by atoms with E-state index >= 15 is 0 Å². The maximum atomic E-state index is 11.4. The summed E-state index contributed by atoms with van der Waals surface area (Å²) in [5.41, 5.74) is 0. The Hall–Kier alpha value is -0.850. The van der Waals surface area contributed by atoms with Crippen LogP contribution in [0.1, 0.15) is 0 Å². The van der Waals surface area contributed by atoms with Gasteiger partial charge in [-0.25, -0.2) is 4.79 Å². The predicted octanol–water partition coefficient (Wildman–Crippen LogP) is -0.443. The van der Waals surface area contributed by atoms with Gasteiger partial charge in [0.25, 0.3) is 0 Å². The lowest BCUT2D eigenvalue weighted by Gasteiger charge is -1.94. The molecule has 0 aliphatic carbocycles. The lowest BCUT2D eigenvalue weighted by atomic mass is 11.2. The molecule has 0 aliphatic heterocycles. The molecule has 0 saturated heterocycles. The first-order valence-corrected chi connectivity index (χ1v) is 3.14. The Kier molecular flexibility index (Phi) is 2.38. The monoisotopic (exact) mass is 157 g/mol. The lowest BCUT2D eigenvalue weighted by molar-refractivity contribution is 0.177. The van der Waals surface area contributed by atoms with Gasteiger partial charge < -0.3 is 4.74 Å². The Bertz CT molecular complexity index is 197. The van der Waals surface area contributed by atoms with Crippen LogP contribution in [0.5, 0.6) is 0 Å². The molecular formula is C2H4FNO4S. The van der Waals surface area contributed by atoms with Crippen molar-refractivity contribution >= 4 is 16.5 Å². The van der Waals surface area contributed by atoms with Gasteiger partial charge in [-0.2, -0.15) is 13.1 Å². The second kappa shape index (κ2) is 2.62. The van der Waals surface area contributed by atoms with E-state index in [1.54, 1.807) is 0 Å². The van der Waals surface area contributed by atoms with Gasteiger partial charge in [-0.1, -0.05) is 3.89 Å². The highest BCUT2D eigenvalue weighted by atomic mass is 32.3. The molecule has 0 spiro atoms. The van der Waals surface area contributed by atoms with Crippen LogP contribution >= 0.6 is 0 Å². The zero-order valence-electron chi connectivity index (χ0n) is 4.42. The zero-order valence-corrected chi connectivity index (χ0v) is 5.24. The Morgan fingerprint density at radius 1 is 1.67 bits per heavy atom. The minimum absolute atomic E-state index is 0.913. The third-order valence-corrected chi connectivity index (χ3v) is 0.801. The smallest absolute Gasteiger partial charge is 0.422 e. The van der Waals surface area contributed by atoms with E-state index in [1.165, 1.54) is 0 Å². The molecular weight excluding hydrogens is 153 g/mol. The third-order valence-electron chi connectivity index (χ3n) is 0.391. The van der Waals surface area contributed by atoms with Crippen LogP contribution in [0.3, 0.4) is 0 Å². The van der Waals surface area contributed by atoms with Crippen molar-refractivity contribution in [1.29, 1.82) is 0 Å². The van der Waals surface area contributed by atoms with Crippen molar-refractivity contribution in [2.45, 2.75) is 0 Å². The van der Waals surface area contributed by atoms with Gasteiger partial charge in [0.05, 0.1) is 7.11 Å². The van der Waals surface area contributed by atoms with Crippen molar-refractivity contribution < 1.29 is 21.8 Å². The highest BCUT2D eigenvalue weighted by molar-refractivity contribution is 7.84. The van der Waals surface area contributed by atoms with E-state index in [1.807, 2.05) is 0 Å². The molecule has 7 heteroatoms. The average Bonchev–Trinajstić information content (AvgIpc) is 1.62. The van der Waals surface area contributed by atoms with Gasteiger partial charge in [-0.15, -0.1) is 0 Å². The quantitative estimate of drug-likeness (QED) is 0.523. The molecule has 9 heavy (non-hydrogen) atoms. The molecule has 0 rings (SSSR count). The largest absolute Gasteiger partial charge is 0.452 e. The first-order valence-electron chi connectivity index (χ1n) is 1.76. The second-order valence-electron chi connectivity index (χ2n) is 1.03. The minimum Gasteiger partial charge on any atom is -0.452 e. The molecule has 0 aromatic carbocycles. The maximum Gasteiger partial charge on any atom is 0.422 e.